The van der Waals surface area contributed by atoms with E-state index in [4.69, 9.17) is 4.74 Å². The number of morpholine rings is 1. The summed E-state index contributed by atoms with van der Waals surface area (Å²) >= 11 is 0. The molecule has 2 unspecified atom stereocenters. The third-order valence-electron chi connectivity index (χ3n) is 3.72. The van der Waals surface area contributed by atoms with Crippen LogP contribution in [0.2, 0.25) is 0 Å². The Labute approximate surface area is 109 Å². The van der Waals surface area contributed by atoms with E-state index in [-0.39, 0.29) is 6.10 Å². The Morgan fingerprint density at radius 2 is 2.22 bits per heavy atom. The van der Waals surface area contributed by atoms with Crippen LogP contribution in [0.5, 0.6) is 0 Å². The van der Waals surface area contributed by atoms with Crippen molar-refractivity contribution in [3.05, 3.63) is 34.9 Å². The lowest BCUT2D eigenvalue weighted by atomic mass is 9.97. The molecule has 100 valence electrons. The van der Waals surface area contributed by atoms with Gasteiger partial charge < -0.3 is 9.84 Å². The van der Waals surface area contributed by atoms with Gasteiger partial charge >= 0.3 is 0 Å². The summed E-state index contributed by atoms with van der Waals surface area (Å²) in [6.45, 7) is 9.76. The topological polar surface area (TPSA) is 32.7 Å². The van der Waals surface area contributed by atoms with Crippen LogP contribution in [0.25, 0.3) is 0 Å². The predicted octanol–water partition coefficient (Wildman–Crippen LogP) is 2.06. The molecule has 0 bridgehead atoms. The van der Waals surface area contributed by atoms with Crippen LogP contribution in [0.15, 0.2) is 18.2 Å². The van der Waals surface area contributed by atoms with E-state index in [1.807, 2.05) is 19.1 Å². The summed E-state index contributed by atoms with van der Waals surface area (Å²) in [6.07, 6.45) is -0.639. The van der Waals surface area contributed by atoms with E-state index in [0.29, 0.717) is 6.61 Å². The number of hydrogen-bond donors (Lipinski definition) is 1. The Hall–Kier alpha value is -0.900. The zero-order chi connectivity index (χ0) is 13.1. The summed E-state index contributed by atoms with van der Waals surface area (Å²) in [5.74, 6) is 0. The quantitative estimate of drug-likeness (QED) is 0.890. The highest BCUT2D eigenvalue weighted by atomic mass is 16.5. The van der Waals surface area contributed by atoms with Crippen molar-refractivity contribution in [2.45, 2.75) is 33.0 Å². The molecular weight excluding hydrogens is 226 g/mol. The van der Waals surface area contributed by atoms with Gasteiger partial charge in [-0.1, -0.05) is 30.7 Å². The molecule has 3 heteroatoms. The Morgan fingerprint density at radius 1 is 1.44 bits per heavy atom. The van der Waals surface area contributed by atoms with Crippen molar-refractivity contribution in [3.8, 4) is 0 Å². The number of benzene rings is 1. The largest absolute Gasteiger partial charge is 0.386 e. The van der Waals surface area contributed by atoms with Crippen LogP contribution in [0.3, 0.4) is 0 Å². The molecule has 1 aliphatic rings. The molecule has 0 spiro atoms. The van der Waals surface area contributed by atoms with Crippen molar-refractivity contribution < 1.29 is 9.84 Å². The maximum atomic E-state index is 10.5. The first-order chi connectivity index (χ1) is 8.61. The smallest absolute Gasteiger partial charge is 0.107 e. The molecule has 2 rings (SSSR count). The molecule has 18 heavy (non-hydrogen) atoms. The number of aliphatic hydroxyl groups excluding tert-OH is 1. The average Bonchev–Trinajstić information content (AvgIpc) is 2.38. The predicted molar refractivity (Wildman–Crippen MR) is 72.7 cm³/mol. The van der Waals surface area contributed by atoms with Crippen molar-refractivity contribution in [3.63, 3.8) is 0 Å². The molecular formula is C15H23NO2. The van der Waals surface area contributed by atoms with Gasteiger partial charge in [-0.15, -0.1) is 0 Å². The van der Waals surface area contributed by atoms with Crippen LogP contribution in [-0.2, 0) is 4.74 Å². The van der Waals surface area contributed by atoms with Crippen molar-refractivity contribution >= 4 is 0 Å². The van der Waals surface area contributed by atoms with Gasteiger partial charge in [0.25, 0.3) is 0 Å². The molecule has 3 nitrogen and oxygen atoms in total. The van der Waals surface area contributed by atoms with Crippen molar-refractivity contribution in [1.29, 1.82) is 0 Å². The molecule has 0 saturated carbocycles. The zero-order valence-electron chi connectivity index (χ0n) is 11.5. The van der Waals surface area contributed by atoms with Gasteiger partial charge in [0.1, 0.15) is 12.2 Å². The van der Waals surface area contributed by atoms with E-state index in [1.54, 1.807) is 0 Å². The molecule has 0 amide bonds. The summed E-state index contributed by atoms with van der Waals surface area (Å²) < 4.78 is 5.72. The lowest BCUT2D eigenvalue weighted by molar-refractivity contribution is -0.0890. The van der Waals surface area contributed by atoms with Crippen LogP contribution in [0, 0.1) is 13.8 Å². The minimum absolute atomic E-state index is 0.111. The molecule has 0 aliphatic carbocycles. The molecule has 1 heterocycles. The van der Waals surface area contributed by atoms with Crippen LogP contribution < -0.4 is 0 Å². The second-order valence-corrected chi connectivity index (χ2v) is 5.11. The highest BCUT2D eigenvalue weighted by Gasteiger charge is 2.27. The lowest BCUT2D eigenvalue weighted by Gasteiger charge is -2.35. The van der Waals surface area contributed by atoms with Gasteiger partial charge in [-0.25, -0.2) is 0 Å². The van der Waals surface area contributed by atoms with Crippen molar-refractivity contribution in [2.24, 2.45) is 0 Å². The van der Waals surface area contributed by atoms with E-state index in [0.717, 1.165) is 30.8 Å². The van der Waals surface area contributed by atoms with Gasteiger partial charge in [0, 0.05) is 13.1 Å². The second kappa shape index (κ2) is 5.83. The Bertz CT molecular complexity index is 405. The molecule has 1 aliphatic heterocycles. The summed E-state index contributed by atoms with van der Waals surface area (Å²) in [7, 11) is 0. The van der Waals surface area contributed by atoms with Gasteiger partial charge in [0.15, 0.2) is 0 Å². The fourth-order valence-corrected chi connectivity index (χ4v) is 2.57. The summed E-state index contributed by atoms with van der Waals surface area (Å²) in [5, 5.41) is 10.5. The summed E-state index contributed by atoms with van der Waals surface area (Å²) in [6, 6.07) is 6.18. The molecule has 1 aromatic rings. The molecule has 1 fully saturated rings. The monoisotopic (exact) mass is 249 g/mol. The SMILES string of the molecule is CCN1CCOC(C(O)c2ccc(C)cc2C)C1. The number of hydrogen-bond acceptors (Lipinski definition) is 3. The van der Waals surface area contributed by atoms with E-state index >= 15 is 0 Å². The third kappa shape index (κ3) is 2.91. The summed E-state index contributed by atoms with van der Waals surface area (Å²) in [4.78, 5) is 2.32. The Balaban J connectivity index is 2.12. The van der Waals surface area contributed by atoms with Crippen LogP contribution >= 0.6 is 0 Å². The number of aliphatic hydroxyl groups is 1. The molecule has 1 aromatic carbocycles. The highest BCUT2D eigenvalue weighted by molar-refractivity contribution is 5.32. The van der Waals surface area contributed by atoms with Gasteiger partial charge in [0.2, 0.25) is 0 Å². The van der Waals surface area contributed by atoms with Crippen LogP contribution in [0.1, 0.15) is 29.7 Å². The number of likely N-dealkylation sites (N-methyl/N-ethyl adjacent to an activating group) is 1. The van der Waals surface area contributed by atoms with Gasteiger partial charge in [-0.3, -0.25) is 4.90 Å². The molecule has 2 atom stereocenters. The number of rotatable bonds is 3. The molecule has 0 radical (unpaired) electrons. The fourth-order valence-electron chi connectivity index (χ4n) is 2.57. The Kier molecular flexibility index (Phi) is 4.38. The van der Waals surface area contributed by atoms with Gasteiger partial charge in [-0.2, -0.15) is 0 Å². The minimum Gasteiger partial charge on any atom is -0.386 e. The minimum atomic E-state index is -0.528. The van der Waals surface area contributed by atoms with Crippen LogP contribution in [-0.4, -0.2) is 42.4 Å². The van der Waals surface area contributed by atoms with Gasteiger partial charge in [0.05, 0.1) is 6.61 Å². The lowest BCUT2D eigenvalue weighted by Crippen LogP contribution is -2.44. The van der Waals surface area contributed by atoms with E-state index < -0.39 is 6.10 Å². The maximum absolute atomic E-state index is 10.5. The normalized spacial score (nSPS) is 23.0. The van der Waals surface area contributed by atoms with E-state index in [2.05, 4.69) is 24.8 Å². The van der Waals surface area contributed by atoms with Crippen LogP contribution in [0.4, 0.5) is 0 Å². The number of aryl methyl sites for hydroxylation is 2. The molecule has 0 aromatic heterocycles. The highest BCUT2D eigenvalue weighted by Crippen LogP contribution is 2.25. The van der Waals surface area contributed by atoms with E-state index in [9.17, 15) is 5.11 Å². The summed E-state index contributed by atoms with van der Waals surface area (Å²) in [5.41, 5.74) is 3.35. The number of ether oxygens (including phenoxy) is 1. The first-order valence-electron chi connectivity index (χ1n) is 6.71. The molecule has 1 N–H and O–H groups in total. The zero-order valence-corrected chi connectivity index (χ0v) is 11.5. The molecule has 1 saturated heterocycles. The standard InChI is InChI=1S/C15H23NO2/c1-4-16-7-8-18-14(10-16)15(17)13-6-5-11(2)9-12(13)3/h5-6,9,14-15,17H,4,7-8,10H2,1-3H3. The first kappa shape index (κ1) is 13.5. The van der Waals surface area contributed by atoms with Crippen molar-refractivity contribution in [2.75, 3.05) is 26.2 Å². The number of nitrogens with zero attached hydrogens (tertiary/aromatic N) is 1. The second-order valence-electron chi connectivity index (χ2n) is 5.11. The fraction of sp³-hybridized carbons (Fsp3) is 0.600. The first-order valence-corrected chi connectivity index (χ1v) is 6.71. The van der Waals surface area contributed by atoms with E-state index in [1.165, 1.54) is 5.56 Å². The maximum Gasteiger partial charge on any atom is 0.107 e. The van der Waals surface area contributed by atoms with Crippen molar-refractivity contribution in [1.82, 2.24) is 4.90 Å². The average molecular weight is 249 g/mol. The van der Waals surface area contributed by atoms with Gasteiger partial charge in [-0.05, 0) is 31.5 Å². The Morgan fingerprint density at radius 3 is 2.89 bits per heavy atom. The third-order valence-corrected chi connectivity index (χ3v) is 3.72.